The third-order valence-corrected chi connectivity index (χ3v) is 0.224. The molecule has 4 nitrogen and oxygen atoms in total. The first-order chi connectivity index (χ1) is 3.33. The Labute approximate surface area is 42.2 Å². The average Bonchev–Trinajstić information content (AvgIpc) is 1.69. The Morgan fingerprint density at radius 1 is 1.57 bits per heavy atom. The van der Waals surface area contributed by atoms with Crippen molar-refractivity contribution in [3.8, 4) is 0 Å². The maximum absolute atomic E-state index is 7.88. The average molecular weight is 102 g/mol. The predicted octanol–water partition coefficient (Wildman–Crippen LogP) is 1.25. The molecule has 0 spiro atoms. The molecule has 0 radical (unpaired) electrons. The number of aliphatic hydroxyl groups excluding tert-OH is 1. The summed E-state index contributed by atoms with van der Waals surface area (Å²) in [4.78, 5) is 1.50. The fourth-order valence-electron chi connectivity index (χ4n) is 0. The lowest BCUT2D eigenvalue weighted by Gasteiger charge is -1.69. The lowest BCUT2D eigenvalue weighted by Crippen LogP contribution is -1.69. The first-order valence-electron chi connectivity index (χ1n) is 1.92. The second kappa shape index (κ2) is 18.6. The summed E-state index contributed by atoms with van der Waals surface area (Å²) in [6, 6.07) is 0. The summed E-state index contributed by atoms with van der Waals surface area (Å²) in [7, 11) is 0. The Kier molecular flexibility index (Phi) is 25.4. The Hall–Kier alpha value is -0.730. The summed E-state index contributed by atoms with van der Waals surface area (Å²) < 4.78 is 0. The van der Waals surface area contributed by atoms with Crippen LogP contribution in [0.3, 0.4) is 0 Å². The van der Waals surface area contributed by atoms with Crippen LogP contribution in [0.4, 0.5) is 0 Å². The van der Waals surface area contributed by atoms with Gasteiger partial charge >= 0.3 is 0 Å². The van der Waals surface area contributed by atoms with Crippen LogP contribution in [-0.4, -0.2) is 11.7 Å². The van der Waals surface area contributed by atoms with E-state index in [2.05, 4.69) is 0 Å². The van der Waals surface area contributed by atoms with Gasteiger partial charge in [0.25, 0.3) is 0 Å². The van der Waals surface area contributed by atoms with Crippen molar-refractivity contribution in [3.05, 3.63) is 16.0 Å². The van der Waals surface area contributed by atoms with E-state index >= 15 is 0 Å². The van der Waals surface area contributed by atoms with Crippen molar-refractivity contribution in [2.45, 2.75) is 13.3 Å². The topological polar surface area (TPSA) is 78.9 Å². The van der Waals surface area contributed by atoms with Gasteiger partial charge in [-0.25, -0.2) is 0 Å². The number of aliphatic hydroxyl groups is 1. The Bertz CT molecular complexity index is 46.1. The first-order valence-corrected chi connectivity index (χ1v) is 1.92. The maximum Gasteiger partial charge on any atom is 0.0428 e. The number of hydrogen-bond donors (Lipinski definition) is 1. The van der Waals surface area contributed by atoms with Crippen molar-refractivity contribution in [1.29, 1.82) is 0 Å². The van der Waals surface area contributed by atoms with E-state index in [1.807, 2.05) is 6.92 Å². The van der Waals surface area contributed by atoms with Gasteiger partial charge in [-0.15, -0.1) is 0 Å². The molecule has 0 aliphatic rings. The molecule has 7 heavy (non-hydrogen) atoms. The molecular weight excluding hydrogens is 94.1 g/mol. The molecule has 0 saturated heterocycles. The molecule has 0 bridgehead atoms. The highest BCUT2D eigenvalue weighted by Gasteiger charge is 1.57. The van der Waals surface area contributed by atoms with Crippen molar-refractivity contribution >= 4 is 0 Å². The molecule has 0 unspecified atom stereocenters. The van der Waals surface area contributed by atoms with Crippen LogP contribution < -0.4 is 0 Å². The third kappa shape index (κ3) is 773. The standard InChI is InChI=1S/C3H8O.N3/c1-2-3-4;1-3-2/h4H,2-3H2,1H3;/q;-1. The number of hydrogen-bond acceptors (Lipinski definition) is 1. The van der Waals surface area contributed by atoms with Gasteiger partial charge in [0.15, 0.2) is 0 Å². The van der Waals surface area contributed by atoms with Gasteiger partial charge in [-0.05, 0) is 6.42 Å². The monoisotopic (exact) mass is 102 g/mol. The minimum atomic E-state index is 0.319. The molecule has 42 valence electrons. The highest BCUT2D eigenvalue weighted by molar-refractivity contribution is 4.36. The highest BCUT2D eigenvalue weighted by Crippen LogP contribution is 1.61. The van der Waals surface area contributed by atoms with E-state index in [0.717, 1.165) is 6.42 Å². The Morgan fingerprint density at radius 3 is 1.71 bits per heavy atom. The van der Waals surface area contributed by atoms with E-state index in [0.29, 0.717) is 6.61 Å². The fourth-order valence-corrected chi connectivity index (χ4v) is 0. The van der Waals surface area contributed by atoms with Crippen LogP contribution in [-0.2, 0) is 0 Å². The molecule has 0 aromatic rings. The minimum Gasteiger partial charge on any atom is -0.396 e. The normalized spacial score (nSPS) is 5.43. The lowest BCUT2D eigenvalue weighted by atomic mass is 10.5. The quantitative estimate of drug-likeness (QED) is 0.302. The number of nitrogens with zero attached hydrogens (tertiary/aromatic N) is 3. The van der Waals surface area contributed by atoms with Gasteiger partial charge in [-0.1, -0.05) is 6.92 Å². The van der Waals surface area contributed by atoms with Crippen molar-refractivity contribution in [2.75, 3.05) is 6.61 Å². The van der Waals surface area contributed by atoms with Gasteiger partial charge in [0.05, 0.1) is 0 Å². The zero-order valence-corrected chi connectivity index (χ0v) is 4.20. The summed E-state index contributed by atoms with van der Waals surface area (Å²) in [5.74, 6) is 0. The summed E-state index contributed by atoms with van der Waals surface area (Å²) in [6.45, 7) is 2.25. The van der Waals surface area contributed by atoms with Crippen LogP contribution in [0.25, 0.3) is 16.0 Å². The molecule has 0 amide bonds. The zero-order valence-electron chi connectivity index (χ0n) is 4.20. The maximum atomic E-state index is 7.88. The number of rotatable bonds is 1. The molecule has 1 N–H and O–H groups in total. The Morgan fingerprint density at radius 2 is 1.71 bits per heavy atom. The van der Waals surface area contributed by atoms with E-state index in [1.54, 1.807) is 0 Å². The molecule has 0 rings (SSSR count). The van der Waals surface area contributed by atoms with Crippen LogP contribution >= 0.6 is 0 Å². The summed E-state index contributed by atoms with van der Waals surface area (Å²) in [5.41, 5.74) is 13.5. The largest absolute Gasteiger partial charge is 0.396 e. The van der Waals surface area contributed by atoms with Gasteiger partial charge in [0.1, 0.15) is 0 Å². The van der Waals surface area contributed by atoms with Gasteiger partial charge in [-0.3, -0.25) is 4.91 Å². The highest BCUT2D eigenvalue weighted by atomic mass is 16.2. The summed E-state index contributed by atoms with van der Waals surface area (Å²) >= 11 is 0. The van der Waals surface area contributed by atoms with Crippen LogP contribution in [0.15, 0.2) is 0 Å². The molecule has 4 heteroatoms. The molecule has 0 saturated carbocycles. The van der Waals surface area contributed by atoms with E-state index in [1.165, 1.54) is 4.91 Å². The third-order valence-electron chi connectivity index (χ3n) is 0.224. The lowest BCUT2D eigenvalue weighted by molar-refractivity contribution is 0.295. The van der Waals surface area contributed by atoms with Gasteiger partial charge in [-0.2, -0.15) is 0 Å². The molecular formula is C3H8N3O-. The van der Waals surface area contributed by atoms with Crippen LogP contribution in [0.5, 0.6) is 0 Å². The fraction of sp³-hybridized carbons (Fsp3) is 1.00. The first kappa shape index (κ1) is 9.55. The molecule has 0 heterocycles. The van der Waals surface area contributed by atoms with E-state index in [9.17, 15) is 0 Å². The molecule has 0 atom stereocenters. The minimum absolute atomic E-state index is 0.319. The van der Waals surface area contributed by atoms with Crippen molar-refractivity contribution in [2.24, 2.45) is 0 Å². The molecule has 0 aliphatic heterocycles. The van der Waals surface area contributed by atoms with Crippen molar-refractivity contribution < 1.29 is 5.11 Å². The van der Waals surface area contributed by atoms with Crippen LogP contribution in [0.1, 0.15) is 13.3 Å². The molecule has 0 aromatic carbocycles. The second-order valence-electron chi connectivity index (χ2n) is 0.813. The second-order valence-corrected chi connectivity index (χ2v) is 0.813. The van der Waals surface area contributed by atoms with E-state index < -0.39 is 0 Å². The predicted molar refractivity (Wildman–Crippen MR) is 27.5 cm³/mol. The van der Waals surface area contributed by atoms with E-state index in [-0.39, 0.29) is 0 Å². The van der Waals surface area contributed by atoms with Crippen LogP contribution in [0.2, 0.25) is 0 Å². The van der Waals surface area contributed by atoms with Crippen molar-refractivity contribution in [3.63, 3.8) is 0 Å². The van der Waals surface area contributed by atoms with Gasteiger partial charge in [0.2, 0.25) is 0 Å². The summed E-state index contributed by atoms with van der Waals surface area (Å²) in [6.07, 6.45) is 0.875. The SMILES string of the molecule is CCCO.[N-]=[N+]=[N-]. The molecule has 0 aromatic heterocycles. The smallest absolute Gasteiger partial charge is 0.0428 e. The van der Waals surface area contributed by atoms with Crippen molar-refractivity contribution in [1.82, 2.24) is 0 Å². The zero-order chi connectivity index (χ0) is 6.12. The summed E-state index contributed by atoms with van der Waals surface area (Å²) in [5, 5.41) is 7.88. The van der Waals surface area contributed by atoms with Crippen LogP contribution in [0, 0.1) is 0 Å². The molecule has 0 fully saturated rings. The molecule has 0 aliphatic carbocycles. The van der Waals surface area contributed by atoms with Gasteiger partial charge in [0, 0.05) is 6.61 Å². The van der Waals surface area contributed by atoms with Gasteiger partial charge < -0.3 is 16.2 Å². The van der Waals surface area contributed by atoms with E-state index in [4.69, 9.17) is 16.2 Å². The Balaban J connectivity index is 0.